The summed E-state index contributed by atoms with van der Waals surface area (Å²) in [5, 5.41) is 9.39. The fraction of sp³-hybridized carbons (Fsp3) is 0.588. The van der Waals surface area contributed by atoms with Crippen molar-refractivity contribution in [3.8, 4) is 0 Å². The normalized spacial score (nSPS) is 16.9. The Kier molecular flexibility index (Phi) is 12.6. The number of aliphatic hydroxyl groups is 1. The summed E-state index contributed by atoms with van der Waals surface area (Å²) in [5.74, 6) is 1.87. The fourth-order valence-electron chi connectivity index (χ4n) is 2.55. The molecule has 0 radical (unpaired) electrons. The summed E-state index contributed by atoms with van der Waals surface area (Å²) in [7, 11) is -1.35. The van der Waals surface area contributed by atoms with Crippen LogP contribution in [0.5, 0.6) is 0 Å². The Balaban J connectivity index is 0.000000861. The van der Waals surface area contributed by atoms with Gasteiger partial charge in [0, 0.05) is 47.7 Å². The number of nitrogen functional groups attached to an aromatic ring is 1. The maximum Gasteiger partial charge on any atom is 0.466 e. The SMILES string of the molecule is CC(=C(CCO)SSCC1CCCO1)N(C=O)Cc1cnc(C)nc1N.O=P(O)(O)O. The van der Waals surface area contributed by atoms with E-state index in [2.05, 4.69) is 9.97 Å². The standard InChI is InChI=1S/C17H26N4O3S2.H3O4P/c1-12(16(5-6-22)26-25-10-15-4-3-7-24-15)21(11-23)9-14-8-19-13(2)20-17(14)18;1-5(2,3)4/h8,11,15,22H,3-7,9-10H2,1-2H3,(H2,18,19,20);(H3,1,2,3,4). The molecule has 1 aliphatic rings. The van der Waals surface area contributed by atoms with Crippen molar-refractivity contribution >= 4 is 41.6 Å². The van der Waals surface area contributed by atoms with Crippen LogP contribution in [-0.4, -0.2) is 66.1 Å². The highest BCUT2D eigenvalue weighted by atomic mass is 33.1. The van der Waals surface area contributed by atoms with Crippen molar-refractivity contribution in [2.24, 2.45) is 0 Å². The summed E-state index contributed by atoms with van der Waals surface area (Å²) >= 11 is 0. The average Bonchev–Trinajstić information content (AvgIpc) is 3.18. The van der Waals surface area contributed by atoms with Crippen molar-refractivity contribution in [1.82, 2.24) is 14.9 Å². The van der Waals surface area contributed by atoms with Crippen LogP contribution in [0, 0.1) is 6.92 Å². The second kappa shape index (κ2) is 14.1. The second-order valence-corrected chi connectivity index (χ2v) is 10.0. The van der Waals surface area contributed by atoms with Gasteiger partial charge in [0.1, 0.15) is 11.6 Å². The number of phosphoric acid groups is 1. The Morgan fingerprint density at radius 1 is 1.45 bits per heavy atom. The molecule has 1 saturated heterocycles. The Morgan fingerprint density at radius 2 is 2.13 bits per heavy atom. The Bertz CT molecular complexity index is 779. The van der Waals surface area contributed by atoms with E-state index in [4.69, 9.17) is 29.7 Å². The first-order valence-electron chi connectivity index (χ1n) is 9.35. The number of ether oxygens (including phenoxy) is 1. The minimum absolute atomic E-state index is 0.0304. The first-order valence-corrected chi connectivity index (χ1v) is 13.2. The highest BCUT2D eigenvalue weighted by molar-refractivity contribution is 8.78. The molecule has 11 nitrogen and oxygen atoms in total. The molecular weight excluding hydrogens is 467 g/mol. The quantitative estimate of drug-likeness (QED) is 0.180. The molecule has 2 rings (SSSR count). The number of hydrogen-bond acceptors (Lipinski definition) is 9. The fourth-order valence-corrected chi connectivity index (χ4v) is 5.29. The molecule has 1 amide bonds. The number of hydrogen-bond donors (Lipinski definition) is 5. The second-order valence-electron chi connectivity index (χ2n) is 6.56. The van der Waals surface area contributed by atoms with E-state index in [1.165, 1.54) is 0 Å². The largest absolute Gasteiger partial charge is 0.466 e. The molecule has 0 spiro atoms. The Morgan fingerprint density at radius 3 is 2.65 bits per heavy atom. The van der Waals surface area contributed by atoms with E-state index in [9.17, 15) is 9.90 Å². The van der Waals surface area contributed by atoms with Gasteiger partial charge in [-0.2, -0.15) is 0 Å². The summed E-state index contributed by atoms with van der Waals surface area (Å²) < 4.78 is 14.5. The minimum Gasteiger partial charge on any atom is -0.396 e. The number of allylic oxidation sites excluding steroid dienone is 1. The number of carbonyl (C=O) groups excluding carboxylic acids is 1. The average molecular weight is 497 g/mol. The van der Waals surface area contributed by atoms with Crippen molar-refractivity contribution in [2.45, 2.75) is 45.8 Å². The molecule has 14 heteroatoms. The molecule has 0 aliphatic carbocycles. The summed E-state index contributed by atoms with van der Waals surface area (Å²) in [4.78, 5) is 44.0. The lowest BCUT2D eigenvalue weighted by atomic mass is 10.2. The van der Waals surface area contributed by atoms with Gasteiger partial charge in [0.15, 0.2) is 0 Å². The van der Waals surface area contributed by atoms with Crippen molar-refractivity contribution in [3.63, 3.8) is 0 Å². The lowest BCUT2D eigenvalue weighted by Crippen LogP contribution is -2.22. The molecule has 2 heterocycles. The van der Waals surface area contributed by atoms with E-state index < -0.39 is 7.82 Å². The predicted octanol–water partition coefficient (Wildman–Crippen LogP) is 1.57. The first-order chi connectivity index (χ1) is 14.5. The lowest BCUT2D eigenvalue weighted by molar-refractivity contribution is -0.116. The van der Waals surface area contributed by atoms with Crippen LogP contribution in [-0.2, 0) is 20.6 Å². The summed E-state index contributed by atoms with van der Waals surface area (Å²) in [6.45, 7) is 4.82. The third-order valence-corrected chi connectivity index (χ3v) is 6.79. The highest BCUT2D eigenvalue weighted by Crippen LogP contribution is 2.37. The lowest BCUT2D eigenvalue weighted by Gasteiger charge is -2.22. The monoisotopic (exact) mass is 496 g/mol. The molecule has 1 aliphatic heterocycles. The van der Waals surface area contributed by atoms with Crippen molar-refractivity contribution < 1.29 is 33.9 Å². The number of rotatable bonds is 10. The summed E-state index contributed by atoms with van der Waals surface area (Å²) in [6, 6.07) is 0. The van der Waals surface area contributed by atoms with Gasteiger partial charge in [0.05, 0.1) is 12.6 Å². The smallest absolute Gasteiger partial charge is 0.396 e. The maximum atomic E-state index is 11.6. The summed E-state index contributed by atoms with van der Waals surface area (Å²) in [6.07, 6.45) is 5.43. The number of aromatic nitrogens is 2. The Hall–Kier alpha value is -1.18. The van der Waals surface area contributed by atoms with Crippen molar-refractivity contribution in [2.75, 3.05) is 24.7 Å². The molecule has 1 atom stereocenters. The predicted molar refractivity (Wildman–Crippen MR) is 120 cm³/mol. The molecule has 1 fully saturated rings. The van der Waals surface area contributed by atoms with Crippen LogP contribution < -0.4 is 5.73 Å². The number of amides is 1. The van der Waals surface area contributed by atoms with Crippen LogP contribution in [0.15, 0.2) is 16.8 Å². The topological polar surface area (TPSA) is 179 Å². The van der Waals surface area contributed by atoms with Crippen LogP contribution in [0.4, 0.5) is 5.82 Å². The zero-order chi connectivity index (χ0) is 23.4. The van der Waals surface area contributed by atoms with Gasteiger partial charge in [0.25, 0.3) is 0 Å². The number of nitrogens with two attached hydrogens (primary N) is 1. The van der Waals surface area contributed by atoms with Crippen LogP contribution in [0.2, 0.25) is 0 Å². The molecule has 1 aromatic heterocycles. The van der Waals surface area contributed by atoms with Gasteiger partial charge in [-0.1, -0.05) is 21.6 Å². The molecule has 0 aromatic carbocycles. The van der Waals surface area contributed by atoms with E-state index >= 15 is 0 Å². The van der Waals surface area contributed by atoms with Crippen molar-refractivity contribution in [3.05, 3.63) is 28.2 Å². The molecule has 1 aromatic rings. The number of aliphatic hydroxyl groups excluding tert-OH is 1. The van der Waals surface area contributed by atoms with Crippen LogP contribution >= 0.6 is 29.4 Å². The van der Waals surface area contributed by atoms with Gasteiger partial charge >= 0.3 is 7.82 Å². The van der Waals surface area contributed by atoms with Crippen molar-refractivity contribution in [1.29, 1.82) is 0 Å². The third-order valence-electron chi connectivity index (χ3n) is 4.10. The number of carbonyl (C=O) groups is 1. The van der Waals surface area contributed by atoms with Crippen LogP contribution in [0.1, 0.15) is 37.6 Å². The molecule has 1 unspecified atom stereocenters. The molecular formula is C17H29N4O7PS2. The number of anilines is 1. The number of aryl methyl sites for hydroxylation is 1. The third kappa shape index (κ3) is 11.9. The van der Waals surface area contributed by atoms with E-state index in [1.54, 1.807) is 39.6 Å². The molecule has 31 heavy (non-hydrogen) atoms. The zero-order valence-corrected chi connectivity index (χ0v) is 19.9. The van der Waals surface area contributed by atoms with Crippen LogP contribution in [0.25, 0.3) is 0 Å². The highest BCUT2D eigenvalue weighted by Gasteiger charge is 2.18. The van der Waals surface area contributed by atoms with Gasteiger partial charge in [-0.15, -0.1) is 0 Å². The minimum atomic E-state index is -4.64. The van der Waals surface area contributed by atoms with Gasteiger partial charge in [-0.05, 0) is 26.7 Å². The molecule has 0 bridgehead atoms. The zero-order valence-electron chi connectivity index (χ0n) is 17.4. The van der Waals surface area contributed by atoms with Gasteiger partial charge in [-0.25, -0.2) is 14.5 Å². The van der Waals surface area contributed by atoms with E-state index in [-0.39, 0.29) is 6.61 Å². The molecule has 176 valence electrons. The van der Waals surface area contributed by atoms with Crippen LogP contribution in [0.3, 0.4) is 0 Å². The molecule has 0 saturated carbocycles. The van der Waals surface area contributed by atoms with Gasteiger partial charge < -0.3 is 35.2 Å². The first kappa shape index (κ1) is 27.9. The maximum absolute atomic E-state index is 11.6. The van der Waals surface area contributed by atoms with Gasteiger partial charge in [-0.3, -0.25) is 4.79 Å². The van der Waals surface area contributed by atoms with E-state index in [0.717, 1.165) is 42.2 Å². The van der Waals surface area contributed by atoms with E-state index in [1.807, 2.05) is 6.92 Å². The molecule has 6 N–H and O–H groups in total. The summed E-state index contributed by atoms with van der Waals surface area (Å²) in [5.41, 5.74) is 7.44. The Labute approximate surface area is 189 Å². The number of nitrogens with zero attached hydrogens (tertiary/aromatic N) is 3. The van der Waals surface area contributed by atoms with Gasteiger partial charge in [0.2, 0.25) is 6.41 Å². The van der Waals surface area contributed by atoms with E-state index in [0.29, 0.717) is 36.3 Å².